The molecule has 84 valence electrons. The topological polar surface area (TPSA) is 24.1 Å². The molecule has 2 nitrogen and oxygen atoms in total. The Bertz CT molecular complexity index is 139. The second-order valence-corrected chi connectivity index (χ2v) is 4.99. The van der Waals surface area contributed by atoms with E-state index in [1.54, 1.807) is 0 Å². The maximum absolute atomic E-state index is 3.67. The SMILES string of the molecule is CC(C)C(C)CCNC1CCNCC1. The summed E-state index contributed by atoms with van der Waals surface area (Å²) in [4.78, 5) is 0. The zero-order valence-corrected chi connectivity index (χ0v) is 9.97. The van der Waals surface area contributed by atoms with Crippen molar-refractivity contribution in [3.8, 4) is 0 Å². The highest BCUT2D eigenvalue weighted by Gasteiger charge is 2.12. The van der Waals surface area contributed by atoms with Gasteiger partial charge in [0.2, 0.25) is 0 Å². The summed E-state index contributed by atoms with van der Waals surface area (Å²) in [5.41, 5.74) is 0. The van der Waals surface area contributed by atoms with E-state index in [1.165, 1.54) is 38.9 Å². The van der Waals surface area contributed by atoms with Crippen LogP contribution in [0.4, 0.5) is 0 Å². The third-order valence-electron chi connectivity index (χ3n) is 3.51. The van der Waals surface area contributed by atoms with E-state index >= 15 is 0 Å². The molecule has 14 heavy (non-hydrogen) atoms. The lowest BCUT2D eigenvalue weighted by Gasteiger charge is -2.25. The normalized spacial score (nSPS) is 21.4. The van der Waals surface area contributed by atoms with Gasteiger partial charge < -0.3 is 10.6 Å². The van der Waals surface area contributed by atoms with Gasteiger partial charge in [-0.1, -0.05) is 20.8 Å². The molecular formula is C12H26N2. The predicted molar refractivity (Wildman–Crippen MR) is 62.5 cm³/mol. The average Bonchev–Trinajstić information content (AvgIpc) is 2.19. The minimum absolute atomic E-state index is 0.774. The summed E-state index contributed by atoms with van der Waals surface area (Å²) in [6.07, 6.45) is 3.92. The summed E-state index contributed by atoms with van der Waals surface area (Å²) in [5.74, 6) is 1.68. The number of piperidine rings is 1. The minimum atomic E-state index is 0.774. The van der Waals surface area contributed by atoms with E-state index in [9.17, 15) is 0 Å². The molecule has 1 rings (SSSR count). The first-order valence-electron chi connectivity index (χ1n) is 6.14. The molecule has 1 heterocycles. The van der Waals surface area contributed by atoms with E-state index in [1.807, 2.05) is 0 Å². The quantitative estimate of drug-likeness (QED) is 0.706. The molecule has 1 fully saturated rings. The fraction of sp³-hybridized carbons (Fsp3) is 1.00. The van der Waals surface area contributed by atoms with Crippen LogP contribution in [0.2, 0.25) is 0 Å². The van der Waals surface area contributed by atoms with E-state index in [0.29, 0.717) is 0 Å². The molecule has 1 aliphatic rings. The molecule has 0 radical (unpaired) electrons. The van der Waals surface area contributed by atoms with Crippen LogP contribution < -0.4 is 10.6 Å². The zero-order chi connectivity index (χ0) is 10.4. The summed E-state index contributed by atoms with van der Waals surface area (Å²) in [7, 11) is 0. The molecule has 1 atom stereocenters. The molecule has 0 aromatic heterocycles. The first-order valence-corrected chi connectivity index (χ1v) is 6.14. The van der Waals surface area contributed by atoms with Crippen LogP contribution in [-0.4, -0.2) is 25.7 Å². The molecule has 0 amide bonds. The van der Waals surface area contributed by atoms with Gasteiger partial charge in [-0.3, -0.25) is 0 Å². The second-order valence-electron chi connectivity index (χ2n) is 4.99. The molecule has 0 spiro atoms. The lowest BCUT2D eigenvalue weighted by Crippen LogP contribution is -2.40. The van der Waals surface area contributed by atoms with Crippen molar-refractivity contribution in [3.63, 3.8) is 0 Å². The lowest BCUT2D eigenvalue weighted by atomic mass is 9.94. The first-order chi connectivity index (χ1) is 6.70. The van der Waals surface area contributed by atoms with Crippen LogP contribution in [0.25, 0.3) is 0 Å². The number of hydrogen-bond acceptors (Lipinski definition) is 2. The largest absolute Gasteiger partial charge is 0.317 e. The van der Waals surface area contributed by atoms with E-state index in [-0.39, 0.29) is 0 Å². The van der Waals surface area contributed by atoms with E-state index < -0.39 is 0 Å². The van der Waals surface area contributed by atoms with Gasteiger partial charge in [-0.2, -0.15) is 0 Å². The van der Waals surface area contributed by atoms with Crippen molar-refractivity contribution in [2.75, 3.05) is 19.6 Å². The molecular weight excluding hydrogens is 172 g/mol. The monoisotopic (exact) mass is 198 g/mol. The molecule has 2 N–H and O–H groups in total. The standard InChI is InChI=1S/C12H26N2/c1-10(2)11(3)4-9-14-12-5-7-13-8-6-12/h10-14H,4-9H2,1-3H3. The lowest BCUT2D eigenvalue weighted by molar-refractivity contribution is 0.343. The van der Waals surface area contributed by atoms with Crippen LogP contribution in [0, 0.1) is 11.8 Å². The van der Waals surface area contributed by atoms with Gasteiger partial charge in [0.15, 0.2) is 0 Å². The summed E-state index contributed by atoms with van der Waals surface area (Å²) in [6, 6.07) is 0.774. The van der Waals surface area contributed by atoms with Gasteiger partial charge >= 0.3 is 0 Å². The van der Waals surface area contributed by atoms with E-state index in [0.717, 1.165) is 17.9 Å². The van der Waals surface area contributed by atoms with Gasteiger partial charge in [0.1, 0.15) is 0 Å². The fourth-order valence-electron chi connectivity index (χ4n) is 1.87. The molecule has 0 aromatic rings. The maximum atomic E-state index is 3.67. The Morgan fingerprint density at radius 3 is 2.43 bits per heavy atom. The van der Waals surface area contributed by atoms with Crippen molar-refractivity contribution in [2.45, 2.75) is 46.1 Å². The Hall–Kier alpha value is -0.0800. The van der Waals surface area contributed by atoms with Crippen molar-refractivity contribution in [2.24, 2.45) is 11.8 Å². The van der Waals surface area contributed by atoms with Gasteiger partial charge in [0.05, 0.1) is 0 Å². The Labute approximate surface area is 88.8 Å². The molecule has 0 aliphatic carbocycles. The first kappa shape index (κ1) is 12.0. The number of nitrogens with one attached hydrogen (secondary N) is 2. The van der Waals surface area contributed by atoms with Gasteiger partial charge in [0, 0.05) is 6.04 Å². The van der Waals surface area contributed by atoms with Crippen LogP contribution in [0.15, 0.2) is 0 Å². The molecule has 1 saturated heterocycles. The third kappa shape index (κ3) is 4.43. The number of rotatable bonds is 5. The van der Waals surface area contributed by atoms with Crippen molar-refractivity contribution >= 4 is 0 Å². The van der Waals surface area contributed by atoms with Gasteiger partial charge in [-0.25, -0.2) is 0 Å². The van der Waals surface area contributed by atoms with Crippen LogP contribution in [0.5, 0.6) is 0 Å². The molecule has 1 aliphatic heterocycles. The van der Waals surface area contributed by atoms with Gasteiger partial charge in [-0.05, 0) is 50.7 Å². The second kappa shape index (κ2) is 6.41. The van der Waals surface area contributed by atoms with Crippen molar-refractivity contribution in [3.05, 3.63) is 0 Å². The van der Waals surface area contributed by atoms with Crippen molar-refractivity contribution in [1.82, 2.24) is 10.6 Å². The van der Waals surface area contributed by atoms with Crippen LogP contribution in [-0.2, 0) is 0 Å². The van der Waals surface area contributed by atoms with Crippen molar-refractivity contribution in [1.29, 1.82) is 0 Å². The highest BCUT2D eigenvalue weighted by molar-refractivity contribution is 4.74. The smallest absolute Gasteiger partial charge is 0.00912 e. The third-order valence-corrected chi connectivity index (χ3v) is 3.51. The van der Waals surface area contributed by atoms with Crippen molar-refractivity contribution < 1.29 is 0 Å². The fourth-order valence-corrected chi connectivity index (χ4v) is 1.87. The number of hydrogen-bond donors (Lipinski definition) is 2. The molecule has 1 unspecified atom stereocenters. The Morgan fingerprint density at radius 1 is 1.21 bits per heavy atom. The summed E-state index contributed by atoms with van der Waals surface area (Å²) < 4.78 is 0. The predicted octanol–water partition coefficient (Wildman–Crippen LogP) is 2.01. The Balaban J connectivity index is 2.02. The summed E-state index contributed by atoms with van der Waals surface area (Å²) in [6.45, 7) is 10.6. The molecule has 0 saturated carbocycles. The van der Waals surface area contributed by atoms with Gasteiger partial charge in [-0.15, -0.1) is 0 Å². The van der Waals surface area contributed by atoms with Gasteiger partial charge in [0.25, 0.3) is 0 Å². The Morgan fingerprint density at radius 2 is 1.86 bits per heavy atom. The molecule has 0 aromatic carbocycles. The maximum Gasteiger partial charge on any atom is 0.00912 e. The average molecular weight is 198 g/mol. The summed E-state index contributed by atoms with van der Waals surface area (Å²) in [5, 5.41) is 7.06. The molecule has 0 bridgehead atoms. The molecule has 2 heteroatoms. The highest BCUT2D eigenvalue weighted by atomic mass is 15.0. The highest BCUT2D eigenvalue weighted by Crippen LogP contribution is 2.13. The minimum Gasteiger partial charge on any atom is -0.317 e. The van der Waals surface area contributed by atoms with E-state index in [2.05, 4.69) is 31.4 Å². The van der Waals surface area contributed by atoms with Crippen LogP contribution in [0.3, 0.4) is 0 Å². The van der Waals surface area contributed by atoms with E-state index in [4.69, 9.17) is 0 Å². The van der Waals surface area contributed by atoms with Crippen LogP contribution in [0.1, 0.15) is 40.0 Å². The van der Waals surface area contributed by atoms with Crippen LogP contribution >= 0.6 is 0 Å². The summed E-state index contributed by atoms with van der Waals surface area (Å²) >= 11 is 0. The Kier molecular flexibility index (Phi) is 5.49. The zero-order valence-electron chi connectivity index (χ0n) is 9.97.